The summed E-state index contributed by atoms with van der Waals surface area (Å²) in [6, 6.07) is 14.9. The molecule has 0 radical (unpaired) electrons. The minimum Gasteiger partial charge on any atom is -0.169 e. The van der Waals surface area contributed by atoms with Gasteiger partial charge in [-0.2, -0.15) is 13.2 Å². The topological polar surface area (TPSA) is 0 Å². The van der Waals surface area contributed by atoms with E-state index in [1.54, 1.807) is 42.5 Å². The standard InChI is InChI=1S/C14H10BrF3S/c15-11-8-6-10(7-9-11)13(14(16,17)18)19-12-4-2-1-3-5-12/h1-9,13H/t13-/m0/s1. The lowest BCUT2D eigenvalue weighted by Crippen LogP contribution is -2.17. The van der Waals surface area contributed by atoms with Gasteiger partial charge in [0.1, 0.15) is 5.25 Å². The van der Waals surface area contributed by atoms with E-state index in [4.69, 9.17) is 0 Å². The van der Waals surface area contributed by atoms with Crippen LogP contribution in [0.25, 0.3) is 0 Å². The van der Waals surface area contributed by atoms with E-state index in [0.717, 1.165) is 16.2 Å². The van der Waals surface area contributed by atoms with E-state index < -0.39 is 11.4 Å². The van der Waals surface area contributed by atoms with Gasteiger partial charge in [-0.25, -0.2) is 0 Å². The third-order valence-corrected chi connectivity index (χ3v) is 4.32. The van der Waals surface area contributed by atoms with Crippen LogP contribution in [-0.2, 0) is 0 Å². The van der Waals surface area contributed by atoms with Gasteiger partial charge in [0.2, 0.25) is 0 Å². The molecule has 5 heteroatoms. The molecule has 2 rings (SSSR count). The molecule has 0 aromatic heterocycles. The van der Waals surface area contributed by atoms with Crippen molar-refractivity contribution in [2.45, 2.75) is 16.3 Å². The summed E-state index contributed by atoms with van der Waals surface area (Å²) < 4.78 is 40.2. The fourth-order valence-electron chi connectivity index (χ4n) is 1.60. The monoisotopic (exact) mass is 346 g/mol. The van der Waals surface area contributed by atoms with Crippen LogP contribution >= 0.6 is 27.7 Å². The summed E-state index contributed by atoms with van der Waals surface area (Å²) in [5.41, 5.74) is 0.254. The quantitative estimate of drug-likeness (QED) is 0.628. The molecule has 0 bridgehead atoms. The van der Waals surface area contributed by atoms with Crippen LogP contribution < -0.4 is 0 Å². The van der Waals surface area contributed by atoms with Crippen molar-refractivity contribution < 1.29 is 13.2 Å². The molecule has 0 saturated heterocycles. The average molecular weight is 347 g/mol. The van der Waals surface area contributed by atoms with E-state index >= 15 is 0 Å². The maximum Gasteiger partial charge on any atom is 0.404 e. The maximum absolute atomic E-state index is 13.2. The summed E-state index contributed by atoms with van der Waals surface area (Å²) in [5, 5.41) is -1.55. The number of alkyl halides is 3. The first-order chi connectivity index (χ1) is 8.97. The molecular formula is C14H10BrF3S. The van der Waals surface area contributed by atoms with Gasteiger partial charge < -0.3 is 0 Å². The van der Waals surface area contributed by atoms with Gasteiger partial charge in [0, 0.05) is 9.37 Å². The SMILES string of the molecule is FC(F)(F)[C@@H](Sc1ccccc1)c1ccc(Br)cc1. The third-order valence-electron chi connectivity index (χ3n) is 2.47. The molecule has 0 nitrogen and oxygen atoms in total. The molecule has 0 aliphatic carbocycles. The van der Waals surface area contributed by atoms with Gasteiger partial charge in [0.25, 0.3) is 0 Å². The Kier molecular flexibility index (Phi) is 4.58. The smallest absolute Gasteiger partial charge is 0.169 e. The fraction of sp³-hybridized carbons (Fsp3) is 0.143. The molecule has 0 aliphatic rings. The first kappa shape index (κ1) is 14.5. The molecule has 19 heavy (non-hydrogen) atoms. The van der Waals surface area contributed by atoms with Crippen molar-refractivity contribution in [3.05, 3.63) is 64.6 Å². The maximum atomic E-state index is 13.2. The predicted molar refractivity (Wildman–Crippen MR) is 75.2 cm³/mol. The van der Waals surface area contributed by atoms with Crippen molar-refractivity contribution in [2.24, 2.45) is 0 Å². The zero-order chi connectivity index (χ0) is 13.9. The van der Waals surface area contributed by atoms with E-state index in [1.807, 2.05) is 0 Å². The second-order valence-electron chi connectivity index (χ2n) is 3.90. The van der Waals surface area contributed by atoms with Crippen LogP contribution in [0.15, 0.2) is 64.0 Å². The van der Waals surface area contributed by atoms with E-state index in [9.17, 15) is 13.2 Å². The second kappa shape index (κ2) is 6.01. The number of rotatable bonds is 3. The van der Waals surface area contributed by atoms with Gasteiger partial charge in [0.05, 0.1) is 0 Å². The zero-order valence-corrected chi connectivity index (χ0v) is 12.1. The summed E-state index contributed by atoms with van der Waals surface area (Å²) >= 11 is 4.04. The second-order valence-corrected chi connectivity index (χ2v) is 6.00. The molecule has 2 aromatic carbocycles. The molecule has 0 aliphatic heterocycles. The number of hydrogen-bond donors (Lipinski definition) is 0. The van der Waals surface area contributed by atoms with Gasteiger partial charge in [0.15, 0.2) is 0 Å². The molecule has 0 unspecified atom stereocenters. The Morgan fingerprint density at radius 3 is 2.00 bits per heavy atom. The van der Waals surface area contributed by atoms with Crippen LogP contribution in [0.3, 0.4) is 0 Å². The Morgan fingerprint density at radius 1 is 0.895 bits per heavy atom. The third kappa shape index (κ3) is 4.01. The normalized spacial score (nSPS) is 13.3. The number of benzene rings is 2. The van der Waals surface area contributed by atoms with Crippen molar-refractivity contribution >= 4 is 27.7 Å². The van der Waals surface area contributed by atoms with Crippen molar-refractivity contribution in [2.75, 3.05) is 0 Å². The number of hydrogen-bond acceptors (Lipinski definition) is 1. The molecular weight excluding hydrogens is 337 g/mol. The highest BCUT2D eigenvalue weighted by atomic mass is 79.9. The summed E-state index contributed by atoms with van der Waals surface area (Å²) in [6.45, 7) is 0. The molecule has 1 atom stereocenters. The molecule has 0 N–H and O–H groups in total. The Morgan fingerprint density at radius 2 is 1.47 bits per heavy atom. The summed E-state index contributed by atoms with van der Waals surface area (Å²) in [6.07, 6.45) is -4.28. The highest BCUT2D eigenvalue weighted by Gasteiger charge is 2.41. The highest BCUT2D eigenvalue weighted by molar-refractivity contribution is 9.10. The molecule has 0 saturated carbocycles. The number of halogens is 4. The van der Waals surface area contributed by atoms with Crippen molar-refractivity contribution in [3.63, 3.8) is 0 Å². The van der Waals surface area contributed by atoms with Crippen LogP contribution in [0, 0.1) is 0 Å². The Bertz CT molecular complexity index is 523. The van der Waals surface area contributed by atoms with Crippen LogP contribution in [0.2, 0.25) is 0 Å². The highest BCUT2D eigenvalue weighted by Crippen LogP contribution is 2.46. The van der Waals surface area contributed by atoms with Crippen LogP contribution in [0.1, 0.15) is 10.8 Å². The summed E-state index contributed by atoms with van der Waals surface area (Å²) in [4.78, 5) is 0.604. The predicted octanol–water partition coefficient (Wildman–Crippen LogP) is 5.84. The van der Waals surface area contributed by atoms with Crippen molar-refractivity contribution in [1.29, 1.82) is 0 Å². The van der Waals surface area contributed by atoms with Gasteiger partial charge in [-0.1, -0.05) is 46.3 Å². The minimum atomic E-state index is -4.28. The van der Waals surface area contributed by atoms with Crippen molar-refractivity contribution in [1.82, 2.24) is 0 Å². The molecule has 0 heterocycles. The zero-order valence-electron chi connectivity index (χ0n) is 9.69. The van der Waals surface area contributed by atoms with E-state index in [0.29, 0.717) is 4.90 Å². The first-order valence-electron chi connectivity index (χ1n) is 5.51. The molecule has 100 valence electrons. The first-order valence-corrected chi connectivity index (χ1v) is 7.18. The number of thioether (sulfide) groups is 1. The molecule has 0 amide bonds. The molecule has 0 fully saturated rings. The average Bonchev–Trinajstić information content (AvgIpc) is 2.37. The van der Waals surface area contributed by atoms with E-state index in [-0.39, 0.29) is 5.56 Å². The fourth-order valence-corrected chi connectivity index (χ4v) is 2.87. The van der Waals surface area contributed by atoms with Crippen LogP contribution in [-0.4, -0.2) is 6.18 Å². The lowest BCUT2D eigenvalue weighted by molar-refractivity contribution is -0.129. The van der Waals surface area contributed by atoms with Gasteiger partial charge in [-0.15, -0.1) is 11.8 Å². The van der Waals surface area contributed by atoms with E-state index in [2.05, 4.69) is 15.9 Å². The van der Waals surface area contributed by atoms with Gasteiger partial charge in [-0.3, -0.25) is 0 Å². The van der Waals surface area contributed by atoms with Gasteiger partial charge in [-0.05, 0) is 29.8 Å². The summed E-state index contributed by atoms with van der Waals surface area (Å²) in [7, 11) is 0. The van der Waals surface area contributed by atoms with Gasteiger partial charge >= 0.3 is 6.18 Å². The Hall–Kier alpha value is -0.940. The van der Waals surface area contributed by atoms with Crippen LogP contribution in [0.4, 0.5) is 13.2 Å². The lowest BCUT2D eigenvalue weighted by Gasteiger charge is -2.20. The largest absolute Gasteiger partial charge is 0.404 e. The minimum absolute atomic E-state index is 0.254. The van der Waals surface area contributed by atoms with Crippen LogP contribution in [0.5, 0.6) is 0 Å². The lowest BCUT2D eigenvalue weighted by atomic mass is 10.1. The van der Waals surface area contributed by atoms with Crippen molar-refractivity contribution in [3.8, 4) is 0 Å². The Labute approximate surface area is 122 Å². The summed E-state index contributed by atoms with van der Waals surface area (Å²) in [5.74, 6) is 0. The molecule has 0 spiro atoms. The molecule has 2 aromatic rings. The Balaban J connectivity index is 2.29. The van der Waals surface area contributed by atoms with E-state index in [1.165, 1.54) is 12.1 Å².